The second kappa shape index (κ2) is 11.5. The van der Waals surface area contributed by atoms with Gasteiger partial charge in [0, 0.05) is 23.1 Å². The smallest absolute Gasteiger partial charge is 0.189 e. The maximum atomic E-state index is 13.8. The van der Waals surface area contributed by atoms with Gasteiger partial charge in [-0.1, -0.05) is 35.3 Å². The quantitative estimate of drug-likeness (QED) is 0.166. The van der Waals surface area contributed by atoms with Crippen LogP contribution >= 0.6 is 15.9 Å². The number of hydrogen-bond acceptors (Lipinski definition) is 4. The van der Waals surface area contributed by atoms with Gasteiger partial charge in [0.1, 0.15) is 23.4 Å². The van der Waals surface area contributed by atoms with Gasteiger partial charge in [0.05, 0.1) is 13.2 Å². The van der Waals surface area contributed by atoms with E-state index in [1.807, 2.05) is 36.4 Å². The van der Waals surface area contributed by atoms with E-state index in [4.69, 9.17) is 9.47 Å². The molecule has 34 heavy (non-hydrogen) atoms. The molecule has 0 aliphatic carbocycles. The lowest BCUT2D eigenvalue weighted by Gasteiger charge is -2.38. The second-order valence-electron chi connectivity index (χ2n) is 8.31. The third-order valence-corrected chi connectivity index (χ3v) is 6.32. The summed E-state index contributed by atoms with van der Waals surface area (Å²) in [5, 5.41) is 0.739. The van der Waals surface area contributed by atoms with Crippen LogP contribution in [0.15, 0.2) is 66.7 Å². The first kappa shape index (κ1) is 24.3. The first-order valence-corrected chi connectivity index (χ1v) is 12.8. The van der Waals surface area contributed by atoms with Gasteiger partial charge in [0.25, 0.3) is 0 Å². The monoisotopic (exact) mass is 525 g/mol. The van der Waals surface area contributed by atoms with Gasteiger partial charge in [0.2, 0.25) is 0 Å². The zero-order valence-electron chi connectivity index (χ0n) is 19.3. The Labute approximate surface area is 208 Å². The Hall–Kier alpha value is -2.86. The molecule has 0 aromatic heterocycles. The molecule has 3 aromatic carbocycles. The predicted octanol–water partition coefficient (Wildman–Crippen LogP) is 6.77. The molecule has 0 radical (unpaired) electrons. The Kier molecular flexibility index (Phi) is 8.22. The SMILES string of the molecule is CCCCOc1ccc2c(c1)CCN(c1ccc(F)cc1)C2C(=O)c1ccc(OCCBr)cc1. The molecule has 0 amide bonds. The molecule has 1 aliphatic rings. The predicted molar refractivity (Wildman–Crippen MR) is 137 cm³/mol. The molecule has 6 heteroatoms. The number of ketones is 1. The van der Waals surface area contributed by atoms with Crippen molar-refractivity contribution in [1.82, 2.24) is 0 Å². The zero-order valence-corrected chi connectivity index (χ0v) is 20.9. The molecule has 3 aromatic rings. The van der Waals surface area contributed by atoms with Gasteiger partial charge in [-0.15, -0.1) is 0 Å². The van der Waals surface area contributed by atoms with Gasteiger partial charge in [-0.25, -0.2) is 4.39 Å². The Morgan fingerprint density at radius 1 is 1.00 bits per heavy atom. The van der Waals surface area contributed by atoms with Crippen LogP contribution in [0.2, 0.25) is 0 Å². The molecule has 178 valence electrons. The van der Waals surface area contributed by atoms with Crippen LogP contribution in [-0.4, -0.2) is 30.9 Å². The van der Waals surface area contributed by atoms with E-state index in [1.54, 1.807) is 12.1 Å². The highest BCUT2D eigenvalue weighted by Crippen LogP contribution is 2.38. The zero-order chi connectivity index (χ0) is 23.9. The number of hydrogen-bond donors (Lipinski definition) is 0. The van der Waals surface area contributed by atoms with Gasteiger partial charge in [-0.05, 0) is 84.6 Å². The van der Waals surface area contributed by atoms with Crippen molar-refractivity contribution in [3.05, 3.63) is 89.2 Å². The Bertz CT molecular complexity index is 1100. The highest BCUT2D eigenvalue weighted by atomic mass is 79.9. The molecular weight excluding hydrogens is 497 g/mol. The lowest BCUT2D eigenvalue weighted by molar-refractivity contribution is 0.0954. The summed E-state index contributed by atoms with van der Waals surface area (Å²) in [5.74, 6) is 1.26. The van der Waals surface area contributed by atoms with Crippen LogP contribution in [0.4, 0.5) is 10.1 Å². The van der Waals surface area contributed by atoms with Crippen molar-refractivity contribution in [3.8, 4) is 11.5 Å². The number of alkyl halides is 1. The van der Waals surface area contributed by atoms with Crippen molar-refractivity contribution in [2.75, 3.05) is 30.0 Å². The molecule has 0 saturated carbocycles. The highest BCUT2D eigenvalue weighted by molar-refractivity contribution is 9.09. The summed E-state index contributed by atoms with van der Waals surface area (Å²) in [6.45, 7) is 4.03. The number of ether oxygens (including phenoxy) is 2. The molecule has 0 fully saturated rings. The number of carbonyl (C=O) groups excluding carboxylic acids is 1. The normalized spacial score (nSPS) is 15.0. The Morgan fingerprint density at radius 2 is 1.71 bits per heavy atom. The third kappa shape index (κ3) is 5.61. The fourth-order valence-electron chi connectivity index (χ4n) is 4.25. The first-order chi connectivity index (χ1) is 16.6. The number of fused-ring (bicyclic) bond motifs is 1. The number of benzene rings is 3. The lowest BCUT2D eigenvalue weighted by atomic mass is 9.87. The number of nitrogens with zero attached hydrogens (tertiary/aromatic N) is 1. The maximum Gasteiger partial charge on any atom is 0.189 e. The van der Waals surface area contributed by atoms with E-state index in [0.717, 1.165) is 52.9 Å². The van der Waals surface area contributed by atoms with Crippen LogP contribution in [0.25, 0.3) is 0 Å². The number of unbranched alkanes of at least 4 members (excludes halogenated alkanes) is 1. The van der Waals surface area contributed by atoms with Crippen LogP contribution in [0, 0.1) is 5.82 Å². The molecule has 0 saturated heterocycles. The van der Waals surface area contributed by atoms with E-state index < -0.39 is 6.04 Å². The molecule has 0 bridgehead atoms. The van der Waals surface area contributed by atoms with E-state index in [2.05, 4.69) is 33.8 Å². The van der Waals surface area contributed by atoms with Crippen molar-refractivity contribution in [2.45, 2.75) is 32.2 Å². The molecule has 1 aliphatic heterocycles. The van der Waals surface area contributed by atoms with Gasteiger partial charge in [-0.3, -0.25) is 4.79 Å². The molecule has 1 atom stereocenters. The van der Waals surface area contributed by atoms with E-state index in [0.29, 0.717) is 25.3 Å². The topological polar surface area (TPSA) is 38.8 Å². The summed E-state index contributed by atoms with van der Waals surface area (Å²) in [7, 11) is 0. The van der Waals surface area contributed by atoms with Crippen molar-refractivity contribution in [2.24, 2.45) is 0 Å². The van der Waals surface area contributed by atoms with Gasteiger partial charge in [-0.2, -0.15) is 0 Å². The van der Waals surface area contributed by atoms with E-state index in [-0.39, 0.29) is 11.6 Å². The van der Waals surface area contributed by atoms with Crippen molar-refractivity contribution >= 4 is 27.4 Å². The summed E-state index contributed by atoms with van der Waals surface area (Å²) in [6, 6.07) is 19.1. The van der Waals surface area contributed by atoms with Crippen molar-refractivity contribution in [3.63, 3.8) is 0 Å². The Balaban J connectivity index is 1.67. The summed E-state index contributed by atoms with van der Waals surface area (Å²) < 4.78 is 25.1. The number of Topliss-reactive ketones (excluding diaryl/α,β-unsaturated/α-hetero) is 1. The molecular formula is C28H29BrFNO3. The van der Waals surface area contributed by atoms with E-state index >= 15 is 0 Å². The molecule has 1 heterocycles. The summed E-state index contributed by atoms with van der Waals surface area (Å²) in [6.07, 6.45) is 2.86. The molecule has 4 nitrogen and oxygen atoms in total. The minimum atomic E-state index is -0.506. The lowest BCUT2D eigenvalue weighted by Crippen LogP contribution is -2.40. The summed E-state index contributed by atoms with van der Waals surface area (Å²) in [5.41, 5.74) is 3.51. The minimum Gasteiger partial charge on any atom is -0.494 e. The number of carbonyl (C=O) groups is 1. The standard InChI is InChI=1S/C28H29BrFNO3/c1-2-3-17-33-25-12-13-26-21(19-25)14-16-31(23-8-6-22(30)7-9-23)27(26)28(32)20-4-10-24(11-5-20)34-18-15-29/h4-13,19,27H,2-3,14-18H2,1H3. The average Bonchev–Trinajstić information content (AvgIpc) is 2.87. The highest BCUT2D eigenvalue weighted by Gasteiger charge is 2.34. The Morgan fingerprint density at radius 3 is 2.41 bits per heavy atom. The first-order valence-electron chi connectivity index (χ1n) is 11.7. The van der Waals surface area contributed by atoms with E-state index in [1.165, 1.54) is 12.1 Å². The molecule has 0 spiro atoms. The largest absolute Gasteiger partial charge is 0.494 e. The van der Waals surface area contributed by atoms with Crippen molar-refractivity contribution < 1.29 is 18.7 Å². The van der Waals surface area contributed by atoms with Crippen LogP contribution in [0.3, 0.4) is 0 Å². The van der Waals surface area contributed by atoms with Gasteiger partial charge < -0.3 is 14.4 Å². The fourth-order valence-corrected chi connectivity index (χ4v) is 4.41. The van der Waals surface area contributed by atoms with E-state index in [9.17, 15) is 9.18 Å². The number of rotatable bonds is 10. The van der Waals surface area contributed by atoms with Crippen molar-refractivity contribution in [1.29, 1.82) is 0 Å². The summed E-state index contributed by atoms with van der Waals surface area (Å²) in [4.78, 5) is 15.9. The van der Waals surface area contributed by atoms with Crippen LogP contribution in [0.5, 0.6) is 11.5 Å². The second-order valence-corrected chi connectivity index (χ2v) is 9.10. The molecule has 1 unspecified atom stereocenters. The average molecular weight is 526 g/mol. The molecule has 0 N–H and O–H groups in total. The van der Waals surface area contributed by atoms with Crippen LogP contribution in [0.1, 0.15) is 47.3 Å². The summed E-state index contributed by atoms with van der Waals surface area (Å²) >= 11 is 3.35. The number of halogens is 2. The number of anilines is 1. The fraction of sp³-hybridized carbons (Fsp3) is 0.321. The minimum absolute atomic E-state index is 0.00281. The van der Waals surface area contributed by atoms with Gasteiger partial charge in [0.15, 0.2) is 5.78 Å². The van der Waals surface area contributed by atoms with Gasteiger partial charge >= 0.3 is 0 Å². The van der Waals surface area contributed by atoms with Crippen LogP contribution < -0.4 is 14.4 Å². The third-order valence-electron chi connectivity index (χ3n) is 6.00. The maximum absolute atomic E-state index is 13.8. The van der Waals surface area contributed by atoms with Crippen LogP contribution in [-0.2, 0) is 6.42 Å². The molecule has 4 rings (SSSR count).